The van der Waals surface area contributed by atoms with Gasteiger partial charge in [-0.05, 0) is 36.8 Å². The molecule has 20 heavy (non-hydrogen) atoms. The molecule has 0 unspecified atom stereocenters. The Hall–Kier alpha value is -1.54. The summed E-state index contributed by atoms with van der Waals surface area (Å²) in [5.74, 6) is 2.13. The molecule has 2 rings (SSSR count). The van der Waals surface area contributed by atoms with Crippen molar-refractivity contribution >= 4 is 28.1 Å². The van der Waals surface area contributed by atoms with Crippen molar-refractivity contribution in [1.29, 1.82) is 0 Å². The van der Waals surface area contributed by atoms with Crippen molar-refractivity contribution in [2.45, 2.75) is 13.5 Å². The summed E-state index contributed by atoms with van der Waals surface area (Å²) in [6.45, 7) is 2.43. The van der Waals surface area contributed by atoms with Crippen LogP contribution in [0.15, 0.2) is 16.6 Å². The first-order valence-corrected chi connectivity index (χ1v) is 7.05. The van der Waals surface area contributed by atoms with E-state index in [0.29, 0.717) is 22.8 Å². The maximum absolute atomic E-state index is 5.30. The predicted octanol–water partition coefficient (Wildman–Crippen LogP) is 2.77. The second kappa shape index (κ2) is 6.27. The Balaban J connectivity index is 2.24. The summed E-state index contributed by atoms with van der Waals surface area (Å²) in [5.41, 5.74) is 4.22. The fraction of sp³-hybridized carbons (Fsp3) is 0.333. The van der Waals surface area contributed by atoms with Crippen LogP contribution in [0, 0.1) is 11.7 Å². The van der Waals surface area contributed by atoms with E-state index in [2.05, 4.69) is 31.6 Å². The van der Waals surface area contributed by atoms with Gasteiger partial charge in [0.05, 0.1) is 20.8 Å². The lowest BCUT2D eigenvalue weighted by Crippen LogP contribution is -2.16. The molecule has 2 aromatic rings. The minimum atomic E-state index is 0.527. The molecule has 0 radical (unpaired) electrons. The van der Waals surface area contributed by atoms with Crippen molar-refractivity contribution in [3.63, 3.8) is 0 Å². The van der Waals surface area contributed by atoms with Crippen molar-refractivity contribution in [2.24, 2.45) is 0 Å². The average Bonchev–Trinajstić information content (AvgIpc) is 2.76. The molecule has 0 saturated heterocycles. The van der Waals surface area contributed by atoms with Gasteiger partial charge in [-0.2, -0.15) is 5.10 Å². The summed E-state index contributed by atoms with van der Waals surface area (Å²) < 4.78 is 13.7. The lowest BCUT2D eigenvalue weighted by Gasteiger charge is -2.13. The van der Waals surface area contributed by atoms with Crippen LogP contribution in [0.3, 0.4) is 0 Å². The molecular weight excluding hydrogens is 344 g/mol. The summed E-state index contributed by atoms with van der Waals surface area (Å²) in [7, 11) is 3.22. The van der Waals surface area contributed by atoms with Gasteiger partial charge in [-0.15, -0.1) is 0 Å². The monoisotopic (exact) mass is 358 g/mol. The number of aryl methyl sites for hydroxylation is 1. The third kappa shape index (κ3) is 2.96. The highest BCUT2D eigenvalue weighted by molar-refractivity contribution is 9.10. The quantitative estimate of drug-likeness (QED) is 0.804. The largest absolute Gasteiger partial charge is 0.493 e. The lowest BCUT2D eigenvalue weighted by atomic mass is 10.2. The third-order valence-electron chi connectivity index (χ3n) is 2.82. The molecule has 0 aliphatic heterocycles. The van der Waals surface area contributed by atoms with E-state index in [1.165, 1.54) is 0 Å². The standard InChI is InChI=1S/C12H15BrN4O2S/c1-7-15-16-12(20)17(7)14-6-8-4-10(18-2)11(19-3)5-9(8)13/h4-5,14H,6H2,1-3H3,(H,16,20). The van der Waals surface area contributed by atoms with Gasteiger partial charge in [-0.1, -0.05) is 15.9 Å². The van der Waals surface area contributed by atoms with Gasteiger partial charge in [-0.25, -0.2) is 4.68 Å². The van der Waals surface area contributed by atoms with Gasteiger partial charge in [0.15, 0.2) is 11.5 Å². The van der Waals surface area contributed by atoms with Crippen LogP contribution in [0.25, 0.3) is 0 Å². The number of hydrogen-bond acceptors (Lipinski definition) is 5. The zero-order chi connectivity index (χ0) is 14.7. The van der Waals surface area contributed by atoms with E-state index in [1.54, 1.807) is 18.9 Å². The Morgan fingerprint density at radius 3 is 2.55 bits per heavy atom. The summed E-state index contributed by atoms with van der Waals surface area (Å²) in [6.07, 6.45) is 0. The van der Waals surface area contributed by atoms with E-state index in [-0.39, 0.29) is 0 Å². The number of hydrogen-bond donors (Lipinski definition) is 2. The molecule has 8 heteroatoms. The summed E-state index contributed by atoms with van der Waals surface area (Å²) in [5, 5.41) is 6.76. The highest BCUT2D eigenvalue weighted by atomic mass is 79.9. The zero-order valence-corrected chi connectivity index (χ0v) is 13.8. The zero-order valence-electron chi connectivity index (χ0n) is 11.4. The number of benzene rings is 1. The average molecular weight is 359 g/mol. The van der Waals surface area contributed by atoms with E-state index < -0.39 is 0 Å². The van der Waals surface area contributed by atoms with Crippen LogP contribution in [-0.2, 0) is 6.54 Å². The van der Waals surface area contributed by atoms with Crippen LogP contribution in [0.1, 0.15) is 11.4 Å². The van der Waals surface area contributed by atoms with Crippen LogP contribution in [0.4, 0.5) is 0 Å². The molecule has 1 aromatic carbocycles. The lowest BCUT2D eigenvalue weighted by molar-refractivity contribution is 0.354. The van der Waals surface area contributed by atoms with Crippen molar-refractivity contribution in [3.05, 3.63) is 32.8 Å². The first-order chi connectivity index (χ1) is 9.56. The first-order valence-electron chi connectivity index (χ1n) is 5.85. The second-order valence-corrected chi connectivity index (χ2v) is 5.29. The Kier molecular flexibility index (Phi) is 4.66. The van der Waals surface area contributed by atoms with E-state index in [1.807, 2.05) is 19.1 Å². The van der Waals surface area contributed by atoms with E-state index in [0.717, 1.165) is 15.9 Å². The molecule has 1 aromatic heterocycles. The molecule has 0 atom stereocenters. The number of methoxy groups -OCH3 is 2. The number of aromatic nitrogens is 3. The smallest absolute Gasteiger partial charge is 0.214 e. The molecule has 0 fully saturated rings. The molecule has 6 nitrogen and oxygen atoms in total. The number of halogens is 1. The van der Waals surface area contributed by atoms with Crippen molar-refractivity contribution in [3.8, 4) is 11.5 Å². The molecule has 2 N–H and O–H groups in total. The fourth-order valence-electron chi connectivity index (χ4n) is 1.76. The maximum Gasteiger partial charge on any atom is 0.214 e. The number of nitrogens with one attached hydrogen (secondary N) is 2. The first kappa shape index (κ1) is 14.9. The molecule has 108 valence electrons. The number of nitrogens with zero attached hydrogens (tertiary/aromatic N) is 2. The van der Waals surface area contributed by atoms with Crippen molar-refractivity contribution < 1.29 is 9.47 Å². The van der Waals surface area contributed by atoms with Crippen molar-refractivity contribution in [1.82, 2.24) is 14.9 Å². The van der Waals surface area contributed by atoms with Crippen LogP contribution < -0.4 is 14.9 Å². The molecule has 0 spiro atoms. The number of H-pyrrole nitrogens is 1. The Bertz CT molecular complexity index is 668. The highest BCUT2D eigenvalue weighted by Crippen LogP contribution is 2.33. The van der Waals surface area contributed by atoms with Gasteiger partial charge in [0.2, 0.25) is 4.77 Å². The van der Waals surface area contributed by atoms with Crippen LogP contribution >= 0.6 is 28.1 Å². The van der Waals surface area contributed by atoms with E-state index >= 15 is 0 Å². The molecular formula is C12H15BrN4O2S. The molecule has 0 saturated carbocycles. The number of rotatable bonds is 5. The minimum Gasteiger partial charge on any atom is -0.493 e. The number of aromatic amines is 1. The Morgan fingerprint density at radius 1 is 1.35 bits per heavy atom. The number of ether oxygens (including phenoxy) is 2. The van der Waals surface area contributed by atoms with E-state index in [4.69, 9.17) is 21.7 Å². The third-order valence-corrected chi connectivity index (χ3v) is 3.83. The van der Waals surface area contributed by atoms with Gasteiger partial charge in [-0.3, -0.25) is 5.10 Å². The fourth-order valence-corrected chi connectivity index (χ4v) is 2.46. The molecule has 0 aliphatic carbocycles. The predicted molar refractivity (Wildman–Crippen MR) is 82.5 cm³/mol. The van der Waals surface area contributed by atoms with Gasteiger partial charge in [0.25, 0.3) is 0 Å². The summed E-state index contributed by atoms with van der Waals surface area (Å²) in [4.78, 5) is 0. The van der Waals surface area contributed by atoms with Crippen LogP contribution in [0.2, 0.25) is 0 Å². The normalized spacial score (nSPS) is 10.4. The van der Waals surface area contributed by atoms with Gasteiger partial charge < -0.3 is 14.9 Å². The van der Waals surface area contributed by atoms with Gasteiger partial charge >= 0.3 is 0 Å². The Morgan fingerprint density at radius 2 is 2.00 bits per heavy atom. The van der Waals surface area contributed by atoms with Crippen LogP contribution in [0.5, 0.6) is 11.5 Å². The Labute approximate surface area is 130 Å². The maximum atomic E-state index is 5.30. The molecule has 0 bridgehead atoms. The minimum absolute atomic E-state index is 0.527. The van der Waals surface area contributed by atoms with Crippen LogP contribution in [-0.4, -0.2) is 29.1 Å². The summed E-state index contributed by atoms with van der Waals surface area (Å²) in [6, 6.07) is 3.78. The highest BCUT2D eigenvalue weighted by Gasteiger charge is 2.10. The second-order valence-electron chi connectivity index (χ2n) is 4.04. The molecule has 1 heterocycles. The van der Waals surface area contributed by atoms with Crippen molar-refractivity contribution in [2.75, 3.05) is 19.6 Å². The SMILES string of the molecule is COc1cc(Br)c(CNn2c(C)n[nH]c2=S)cc1OC. The van der Waals surface area contributed by atoms with E-state index in [9.17, 15) is 0 Å². The summed E-state index contributed by atoms with van der Waals surface area (Å²) >= 11 is 8.65. The molecule has 0 amide bonds. The topological polar surface area (TPSA) is 64.1 Å². The molecule has 0 aliphatic rings. The van der Waals surface area contributed by atoms with Gasteiger partial charge in [0, 0.05) is 4.47 Å². The van der Waals surface area contributed by atoms with Gasteiger partial charge in [0.1, 0.15) is 5.82 Å².